The zero-order valence-corrected chi connectivity index (χ0v) is 9.95. The molecule has 0 bridgehead atoms. The van der Waals surface area contributed by atoms with Gasteiger partial charge in [-0.15, -0.1) is 11.3 Å². The molecule has 6 heteroatoms. The molecule has 1 atom stereocenters. The summed E-state index contributed by atoms with van der Waals surface area (Å²) in [6.07, 6.45) is -2.44. The highest BCUT2D eigenvalue weighted by molar-refractivity contribution is 7.16. The molecule has 1 aromatic heterocycles. The Morgan fingerprint density at radius 3 is 2.88 bits per heavy atom. The zero-order chi connectivity index (χ0) is 11.7. The zero-order valence-electron chi connectivity index (χ0n) is 8.38. The van der Waals surface area contributed by atoms with Crippen LogP contribution in [0.25, 0.3) is 10.2 Å². The molecule has 1 heterocycles. The summed E-state index contributed by atoms with van der Waals surface area (Å²) in [6.45, 7) is 1.41. The SMILES string of the molecule is CC(Nc1c(Cl)ccc2scnc12)C(F)F. The molecule has 2 aromatic rings. The number of fused-ring (bicyclic) bond motifs is 1. The van der Waals surface area contributed by atoms with E-state index < -0.39 is 12.5 Å². The number of alkyl halides is 2. The molecule has 0 aliphatic carbocycles. The van der Waals surface area contributed by atoms with E-state index in [1.807, 2.05) is 6.07 Å². The summed E-state index contributed by atoms with van der Waals surface area (Å²) in [5, 5.41) is 3.11. The molecular formula is C10H9ClF2N2S. The van der Waals surface area contributed by atoms with Crippen molar-refractivity contribution in [2.75, 3.05) is 5.32 Å². The molecule has 0 aliphatic rings. The van der Waals surface area contributed by atoms with Crippen molar-refractivity contribution in [3.05, 3.63) is 22.7 Å². The maximum absolute atomic E-state index is 12.4. The van der Waals surface area contributed by atoms with Crippen molar-refractivity contribution < 1.29 is 8.78 Å². The minimum atomic E-state index is -2.44. The fourth-order valence-electron chi connectivity index (χ4n) is 1.33. The number of thiazole rings is 1. The first kappa shape index (κ1) is 11.5. The number of nitrogens with one attached hydrogen (secondary N) is 1. The average Bonchev–Trinajstić information content (AvgIpc) is 2.70. The second-order valence-corrected chi connectivity index (χ2v) is 4.68. The van der Waals surface area contributed by atoms with E-state index in [9.17, 15) is 8.78 Å². The predicted octanol–water partition coefficient (Wildman–Crippen LogP) is 4.02. The Labute approximate surface area is 100 Å². The van der Waals surface area contributed by atoms with Gasteiger partial charge in [0.25, 0.3) is 6.43 Å². The van der Waals surface area contributed by atoms with Gasteiger partial charge in [0.2, 0.25) is 0 Å². The van der Waals surface area contributed by atoms with Crippen molar-refractivity contribution in [3.8, 4) is 0 Å². The molecule has 0 aliphatic heterocycles. The summed E-state index contributed by atoms with van der Waals surface area (Å²) in [5.74, 6) is 0. The lowest BCUT2D eigenvalue weighted by Crippen LogP contribution is -2.24. The van der Waals surface area contributed by atoms with Crippen molar-refractivity contribution in [1.29, 1.82) is 0 Å². The van der Waals surface area contributed by atoms with Gasteiger partial charge < -0.3 is 5.32 Å². The van der Waals surface area contributed by atoms with Crippen LogP contribution in [0.2, 0.25) is 5.02 Å². The summed E-state index contributed by atoms with van der Waals surface area (Å²) >= 11 is 7.41. The Kier molecular flexibility index (Phi) is 3.25. The molecule has 1 aromatic carbocycles. The smallest absolute Gasteiger partial charge is 0.258 e. The van der Waals surface area contributed by atoms with Crippen molar-refractivity contribution >= 4 is 38.8 Å². The van der Waals surface area contributed by atoms with Crippen LogP contribution in [0.15, 0.2) is 17.6 Å². The second-order valence-electron chi connectivity index (χ2n) is 3.39. The lowest BCUT2D eigenvalue weighted by molar-refractivity contribution is 0.131. The number of anilines is 1. The molecule has 0 spiro atoms. The predicted molar refractivity (Wildman–Crippen MR) is 63.7 cm³/mol. The molecule has 0 radical (unpaired) electrons. The van der Waals surface area contributed by atoms with E-state index in [0.717, 1.165) is 4.70 Å². The first-order valence-corrected chi connectivity index (χ1v) is 5.91. The fourth-order valence-corrected chi connectivity index (χ4v) is 2.23. The topological polar surface area (TPSA) is 24.9 Å². The molecular weight excluding hydrogens is 254 g/mol. The molecule has 0 saturated heterocycles. The van der Waals surface area contributed by atoms with E-state index >= 15 is 0 Å². The first-order valence-electron chi connectivity index (χ1n) is 4.66. The van der Waals surface area contributed by atoms with Crippen molar-refractivity contribution in [2.45, 2.75) is 19.4 Å². The van der Waals surface area contributed by atoms with E-state index in [0.29, 0.717) is 16.2 Å². The van der Waals surface area contributed by atoms with Crippen LogP contribution in [0.5, 0.6) is 0 Å². The summed E-state index contributed by atoms with van der Waals surface area (Å²) in [5.41, 5.74) is 2.79. The molecule has 1 N–H and O–H groups in total. The standard InChI is InChI=1S/C10H9ClF2N2S/c1-5(10(12)13)15-8-6(11)2-3-7-9(8)14-4-16-7/h2-5,10,15H,1H3. The third kappa shape index (κ3) is 2.10. The van der Waals surface area contributed by atoms with Gasteiger partial charge in [-0.3, -0.25) is 0 Å². The summed E-state index contributed by atoms with van der Waals surface area (Å²) < 4.78 is 25.8. The highest BCUT2D eigenvalue weighted by Crippen LogP contribution is 2.33. The molecule has 0 amide bonds. The van der Waals surface area contributed by atoms with E-state index in [1.54, 1.807) is 11.6 Å². The van der Waals surface area contributed by atoms with Crippen LogP contribution in [0.4, 0.5) is 14.5 Å². The van der Waals surface area contributed by atoms with Crippen molar-refractivity contribution in [1.82, 2.24) is 4.98 Å². The van der Waals surface area contributed by atoms with E-state index in [4.69, 9.17) is 11.6 Å². The van der Waals surface area contributed by atoms with Gasteiger partial charge in [0.05, 0.1) is 27.0 Å². The monoisotopic (exact) mass is 262 g/mol. The summed E-state index contributed by atoms with van der Waals surface area (Å²) in [7, 11) is 0. The van der Waals surface area contributed by atoms with Gasteiger partial charge in [0.1, 0.15) is 5.52 Å². The third-order valence-corrected chi connectivity index (χ3v) is 3.31. The number of nitrogens with zero attached hydrogens (tertiary/aromatic N) is 1. The van der Waals surface area contributed by atoms with Gasteiger partial charge in [-0.05, 0) is 19.1 Å². The second kappa shape index (κ2) is 4.51. The van der Waals surface area contributed by atoms with Crippen LogP contribution < -0.4 is 5.32 Å². The Hall–Kier alpha value is -0.940. The minimum absolute atomic E-state index is 0.408. The Morgan fingerprint density at radius 2 is 2.19 bits per heavy atom. The van der Waals surface area contributed by atoms with E-state index in [2.05, 4.69) is 10.3 Å². The maximum Gasteiger partial charge on any atom is 0.258 e. The number of benzene rings is 1. The molecule has 2 nitrogen and oxygen atoms in total. The van der Waals surface area contributed by atoms with Gasteiger partial charge in [-0.2, -0.15) is 0 Å². The molecule has 2 rings (SSSR count). The molecule has 16 heavy (non-hydrogen) atoms. The first-order chi connectivity index (χ1) is 7.59. The molecule has 1 unspecified atom stereocenters. The van der Waals surface area contributed by atoms with Crippen LogP contribution >= 0.6 is 22.9 Å². The van der Waals surface area contributed by atoms with E-state index in [1.165, 1.54) is 18.3 Å². The van der Waals surface area contributed by atoms with Crippen molar-refractivity contribution in [3.63, 3.8) is 0 Å². The normalized spacial score (nSPS) is 13.3. The number of rotatable bonds is 3. The van der Waals surface area contributed by atoms with E-state index in [-0.39, 0.29) is 0 Å². The largest absolute Gasteiger partial charge is 0.374 e. The van der Waals surface area contributed by atoms with Crippen LogP contribution in [0.3, 0.4) is 0 Å². The Bertz CT molecular complexity index is 501. The summed E-state index contributed by atoms with van der Waals surface area (Å²) in [6, 6.07) is 2.56. The summed E-state index contributed by atoms with van der Waals surface area (Å²) in [4.78, 5) is 4.12. The lowest BCUT2D eigenvalue weighted by Gasteiger charge is -2.15. The van der Waals surface area contributed by atoms with Crippen LogP contribution in [0.1, 0.15) is 6.92 Å². The maximum atomic E-state index is 12.4. The van der Waals surface area contributed by atoms with Gasteiger partial charge in [-0.1, -0.05) is 11.6 Å². The molecule has 0 fully saturated rings. The van der Waals surface area contributed by atoms with Crippen molar-refractivity contribution in [2.24, 2.45) is 0 Å². The fraction of sp³-hybridized carbons (Fsp3) is 0.300. The highest BCUT2D eigenvalue weighted by atomic mass is 35.5. The minimum Gasteiger partial charge on any atom is -0.374 e. The highest BCUT2D eigenvalue weighted by Gasteiger charge is 2.17. The quantitative estimate of drug-likeness (QED) is 0.904. The number of hydrogen-bond acceptors (Lipinski definition) is 3. The number of aromatic nitrogens is 1. The van der Waals surface area contributed by atoms with Crippen LogP contribution in [-0.2, 0) is 0 Å². The van der Waals surface area contributed by atoms with Gasteiger partial charge in [0, 0.05) is 0 Å². The molecule has 0 saturated carbocycles. The third-order valence-electron chi connectivity index (χ3n) is 2.20. The van der Waals surface area contributed by atoms with Gasteiger partial charge in [-0.25, -0.2) is 13.8 Å². The Morgan fingerprint density at radius 1 is 1.44 bits per heavy atom. The number of halogens is 3. The Balaban J connectivity index is 2.42. The van der Waals surface area contributed by atoms with Crippen LogP contribution in [0, 0.1) is 0 Å². The number of hydrogen-bond donors (Lipinski definition) is 1. The molecule has 86 valence electrons. The van der Waals surface area contributed by atoms with Crippen LogP contribution in [-0.4, -0.2) is 17.5 Å². The average molecular weight is 263 g/mol. The van der Waals surface area contributed by atoms with Gasteiger partial charge >= 0.3 is 0 Å². The lowest BCUT2D eigenvalue weighted by atomic mass is 10.2. The van der Waals surface area contributed by atoms with Gasteiger partial charge in [0.15, 0.2) is 0 Å².